The highest BCUT2D eigenvalue weighted by atomic mass is 32.1. The van der Waals surface area contributed by atoms with Gasteiger partial charge in [-0.2, -0.15) is 0 Å². The normalized spacial score (nSPS) is 22.2. The van der Waals surface area contributed by atoms with Gasteiger partial charge in [0.1, 0.15) is 0 Å². The van der Waals surface area contributed by atoms with E-state index < -0.39 is 0 Å². The molecule has 2 fully saturated rings. The smallest absolute Gasteiger partial charge is 0.330 e. The lowest BCUT2D eigenvalue weighted by Gasteiger charge is -2.36. The van der Waals surface area contributed by atoms with Crippen molar-refractivity contribution in [3.63, 3.8) is 0 Å². The molecule has 0 radical (unpaired) electrons. The lowest BCUT2D eigenvalue weighted by molar-refractivity contribution is 0.280. The maximum Gasteiger partial charge on any atom is 0.330 e. The second-order valence-corrected chi connectivity index (χ2v) is 8.58. The second kappa shape index (κ2) is 5.66. The van der Waals surface area contributed by atoms with Crippen LogP contribution in [0.25, 0.3) is 21.4 Å². The Balaban J connectivity index is 1.26. The SMILES string of the molecule is O=c1n(C2CC2)c2cccnc2n1[C@H]1C[C@H](Nc2nc3ccccc3s2)C1. The maximum absolute atomic E-state index is 13.0. The Labute approximate surface area is 159 Å². The van der Waals surface area contributed by atoms with E-state index in [9.17, 15) is 4.79 Å². The van der Waals surface area contributed by atoms with E-state index in [-0.39, 0.29) is 11.7 Å². The van der Waals surface area contributed by atoms with Crippen molar-refractivity contribution < 1.29 is 0 Å². The quantitative estimate of drug-likeness (QED) is 0.585. The molecule has 0 bridgehead atoms. The number of nitrogens with one attached hydrogen (secondary N) is 1. The van der Waals surface area contributed by atoms with Gasteiger partial charge in [-0.3, -0.25) is 9.13 Å². The molecular formula is C20H19N5OS. The second-order valence-electron chi connectivity index (χ2n) is 7.55. The van der Waals surface area contributed by atoms with E-state index in [4.69, 9.17) is 0 Å². The van der Waals surface area contributed by atoms with Crippen LogP contribution in [0.2, 0.25) is 0 Å². The predicted molar refractivity (Wildman–Crippen MR) is 108 cm³/mol. The highest BCUT2D eigenvalue weighted by molar-refractivity contribution is 7.22. The van der Waals surface area contributed by atoms with E-state index in [2.05, 4.69) is 21.4 Å². The molecule has 0 unspecified atom stereocenters. The van der Waals surface area contributed by atoms with Crippen LogP contribution < -0.4 is 11.0 Å². The first-order valence-electron chi connectivity index (χ1n) is 9.47. The summed E-state index contributed by atoms with van der Waals surface area (Å²) in [5.41, 5.74) is 2.95. The Kier molecular flexibility index (Phi) is 3.23. The molecule has 3 aromatic heterocycles. The Bertz CT molecular complexity index is 1180. The third-order valence-corrected chi connectivity index (χ3v) is 6.65. The van der Waals surface area contributed by atoms with Crippen molar-refractivity contribution >= 4 is 37.8 Å². The van der Waals surface area contributed by atoms with Crippen LogP contribution in [0.15, 0.2) is 47.4 Å². The first kappa shape index (κ1) is 15.4. The molecular weight excluding hydrogens is 358 g/mol. The fourth-order valence-electron chi connectivity index (χ4n) is 4.11. The highest BCUT2D eigenvalue weighted by Crippen LogP contribution is 2.39. The average molecular weight is 377 g/mol. The minimum atomic E-state index is 0.106. The van der Waals surface area contributed by atoms with Gasteiger partial charge in [-0.1, -0.05) is 23.5 Å². The van der Waals surface area contributed by atoms with Crippen LogP contribution >= 0.6 is 11.3 Å². The summed E-state index contributed by atoms with van der Waals surface area (Å²) in [4.78, 5) is 22.2. The topological polar surface area (TPSA) is 64.7 Å². The maximum atomic E-state index is 13.0. The Morgan fingerprint density at radius 2 is 1.89 bits per heavy atom. The number of anilines is 1. The lowest BCUT2D eigenvalue weighted by Crippen LogP contribution is -2.41. The third kappa shape index (κ3) is 2.41. The number of hydrogen-bond acceptors (Lipinski definition) is 5. The summed E-state index contributed by atoms with van der Waals surface area (Å²) < 4.78 is 5.07. The minimum Gasteiger partial charge on any atom is -0.359 e. The van der Waals surface area contributed by atoms with Crippen molar-refractivity contribution in [1.29, 1.82) is 0 Å². The summed E-state index contributed by atoms with van der Waals surface area (Å²) >= 11 is 1.69. The van der Waals surface area contributed by atoms with Crippen molar-refractivity contribution in [2.45, 2.75) is 43.8 Å². The number of rotatable bonds is 4. The van der Waals surface area contributed by atoms with Gasteiger partial charge >= 0.3 is 5.69 Å². The summed E-state index contributed by atoms with van der Waals surface area (Å²) in [5.74, 6) is 0. The van der Waals surface area contributed by atoms with Crippen molar-refractivity contribution in [1.82, 2.24) is 19.1 Å². The van der Waals surface area contributed by atoms with Crippen LogP contribution in [0.4, 0.5) is 5.13 Å². The molecule has 0 spiro atoms. The predicted octanol–water partition coefficient (Wildman–Crippen LogP) is 3.96. The van der Waals surface area contributed by atoms with Gasteiger partial charge in [0, 0.05) is 24.3 Å². The van der Waals surface area contributed by atoms with E-state index in [1.54, 1.807) is 17.5 Å². The van der Waals surface area contributed by atoms with Crippen LogP contribution in [-0.4, -0.2) is 25.1 Å². The minimum absolute atomic E-state index is 0.106. The molecule has 0 atom stereocenters. The molecule has 27 heavy (non-hydrogen) atoms. The summed E-state index contributed by atoms with van der Waals surface area (Å²) in [5, 5.41) is 4.51. The van der Waals surface area contributed by atoms with Gasteiger partial charge in [0.15, 0.2) is 10.8 Å². The summed E-state index contributed by atoms with van der Waals surface area (Å²) in [6.07, 6.45) is 5.83. The molecule has 2 aliphatic carbocycles. The number of hydrogen-bond donors (Lipinski definition) is 1. The molecule has 7 heteroatoms. The van der Waals surface area contributed by atoms with Crippen molar-refractivity contribution in [2.24, 2.45) is 0 Å². The van der Waals surface area contributed by atoms with Crippen LogP contribution in [0.3, 0.4) is 0 Å². The van der Waals surface area contributed by atoms with E-state index in [0.29, 0.717) is 12.1 Å². The Morgan fingerprint density at radius 1 is 1.04 bits per heavy atom. The Morgan fingerprint density at radius 3 is 2.70 bits per heavy atom. The summed E-state index contributed by atoms with van der Waals surface area (Å²) in [6, 6.07) is 13.1. The number of imidazole rings is 1. The first-order chi connectivity index (χ1) is 13.3. The first-order valence-corrected chi connectivity index (χ1v) is 10.3. The number of para-hydroxylation sites is 1. The molecule has 6 rings (SSSR count). The van der Waals surface area contributed by atoms with Crippen molar-refractivity contribution in [2.75, 3.05) is 5.32 Å². The van der Waals surface area contributed by atoms with Crippen LogP contribution in [0.1, 0.15) is 37.8 Å². The molecule has 0 saturated heterocycles. The third-order valence-electron chi connectivity index (χ3n) is 5.68. The van der Waals surface area contributed by atoms with Gasteiger partial charge in [-0.15, -0.1) is 0 Å². The number of fused-ring (bicyclic) bond motifs is 2. The van der Waals surface area contributed by atoms with Crippen molar-refractivity contribution in [3.05, 3.63) is 53.1 Å². The monoisotopic (exact) mass is 377 g/mol. The summed E-state index contributed by atoms with van der Waals surface area (Å²) in [7, 11) is 0. The summed E-state index contributed by atoms with van der Waals surface area (Å²) in [6.45, 7) is 0. The molecule has 0 aliphatic heterocycles. The molecule has 1 N–H and O–H groups in total. The number of pyridine rings is 1. The number of nitrogens with zero attached hydrogens (tertiary/aromatic N) is 4. The molecule has 0 amide bonds. The van der Waals surface area contributed by atoms with E-state index in [1.807, 2.05) is 39.5 Å². The van der Waals surface area contributed by atoms with Crippen LogP contribution in [0.5, 0.6) is 0 Å². The molecule has 6 nitrogen and oxygen atoms in total. The number of thiazole rings is 1. The fraction of sp³-hybridized carbons (Fsp3) is 0.350. The van der Waals surface area contributed by atoms with Gasteiger partial charge in [0.2, 0.25) is 0 Å². The van der Waals surface area contributed by atoms with Crippen molar-refractivity contribution in [3.8, 4) is 0 Å². The van der Waals surface area contributed by atoms with Crippen LogP contribution in [0, 0.1) is 0 Å². The zero-order chi connectivity index (χ0) is 18.0. The van der Waals surface area contributed by atoms with Gasteiger partial charge in [0.25, 0.3) is 0 Å². The average Bonchev–Trinajstić information content (AvgIpc) is 3.32. The highest BCUT2D eigenvalue weighted by Gasteiger charge is 2.36. The zero-order valence-corrected chi connectivity index (χ0v) is 15.5. The largest absolute Gasteiger partial charge is 0.359 e. The van der Waals surface area contributed by atoms with E-state index in [0.717, 1.165) is 47.5 Å². The molecule has 136 valence electrons. The lowest BCUT2D eigenvalue weighted by atomic mass is 9.86. The van der Waals surface area contributed by atoms with Crippen LogP contribution in [-0.2, 0) is 0 Å². The molecule has 1 aromatic carbocycles. The molecule has 2 aliphatic rings. The van der Waals surface area contributed by atoms with Gasteiger partial charge < -0.3 is 5.32 Å². The fourth-order valence-corrected chi connectivity index (χ4v) is 5.05. The van der Waals surface area contributed by atoms with Gasteiger partial charge in [0.05, 0.1) is 15.7 Å². The zero-order valence-electron chi connectivity index (χ0n) is 14.7. The molecule has 2 saturated carbocycles. The van der Waals surface area contributed by atoms with E-state index >= 15 is 0 Å². The molecule has 4 aromatic rings. The molecule has 3 heterocycles. The number of aromatic nitrogens is 4. The number of benzene rings is 1. The van der Waals surface area contributed by atoms with Gasteiger partial charge in [-0.05, 0) is 49.9 Å². The Hall–Kier alpha value is -2.67. The van der Waals surface area contributed by atoms with Gasteiger partial charge in [-0.25, -0.2) is 14.8 Å². The van der Waals surface area contributed by atoms with E-state index in [1.165, 1.54) is 4.70 Å². The standard InChI is InChI=1S/C20H19N5OS/c26-20-24(13-7-8-13)16-5-3-9-21-18(16)25(20)14-10-12(11-14)22-19-23-15-4-1-2-6-17(15)27-19/h1-6,9,12-14H,7-8,10-11H2,(H,22,23)/t12-,14-.